The Kier molecular flexibility index (Phi) is 8.87. The average Bonchev–Trinajstić information content (AvgIpc) is 3.45. The van der Waals surface area contributed by atoms with Gasteiger partial charge >= 0.3 is 12.3 Å². The van der Waals surface area contributed by atoms with Crippen molar-refractivity contribution in [1.29, 1.82) is 0 Å². The first-order chi connectivity index (χ1) is 23.8. The number of para-hydroxylation sites is 1. The van der Waals surface area contributed by atoms with Crippen molar-refractivity contribution in [3.8, 4) is 22.8 Å². The molecule has 14 heteroatoms. The number of benzene rings is 2. The minimum Gasteiger partial charge on any atom is -0.457 e. The van der Waals surface area contributed by atoms with E-state index in [0.717, 1.165) is 11.3 Å². The van der Waals surface area contributed by atoms with E-state index in [1.165, 1.54) is 6.33 Å². The summed E-state index contributed by atoms with van der Waals surface area (Å²) in [6.45, 7) is 7.59. The standard InChI is InChI=1S/C36H43F3N8O3/c1-34(2,3)50-33(48)45-21-26(22-45)44-19-15-35(16-20-44,36(37,38)39)46-17-13-25(14-18-46)47-32-29(31(40)41-23-42-32)30(43-47)24-9-11-28(12-10-24)49-27-7-5-4-6-8-27/h4-12,23,25-26H,13-22H2,1-3H3,(H2,40,41,42). The van der Waals surface area contributed by atoms with Gasteiger partial charge in [0.2, 0.25) is 0 Å². The maximum absolute atomic E-state index is 15.0. The van der Waals surface area contributed by atoms with Gasteiger partial charge in [-0.05, 0) is 82.9 Å². The van der Waals surface area contributed by atoms with Gasteiger partial charge in [-0.25, -0.2) is 19.4 Å². The highest BCUT2D eigenvalue weighted by Gasteiger charge is 2.60. The van der Waals surface area contributed by atoms with Crippen LogP contribution in [0.3, 0.4) is 0 Å². The van der Waals surface area contributed by atoms with Crippen molar-refractivity contribution in [3.05, 3.63) is 60.9 Å². The second kappa shape index (κ2) is 13.0. The number of rotatable bonds is 6. The third-order valence-corrected chi connectivity index (χ3v) is 10.2. The van der Waals surface area contributed by atoms with E-state index >= 15 is 0 Å². The Morgan fingerprint density at radius 1 is 0.880 bits per heavy atom. The van der Waals surface area contributed by atoms with Crippen LogP contribution in [0.2, 0.25) is 0 Å². The second-order valence-corrected chi connectivity index (χ2v) is 14.5. The Balaban J connectivity index is 1.03. The lowest BCUT2D eigenvalue weighted by Crippen LogP contribution is -2.68. The number of nitrogens with two attached hydrogens (primary N) is 1. The Hall–Kier alpha value is -4.43. The number of aromatic nitrogens is 4. The van der Waals surface area contributed by atoms with Gasteiger partial charge in [0.05, 0.1) is 11.4 Å². The molecule has 3 fully saturated rings. The number of anilines is 1. The molecule has 0 radical (unpaired) electrons. The molecule has 0 aliphatic carbocycles. The lowest BCUT2D eigenvalue weighted by atomic mass is 9.82. The zero-order valence-corrected chi connectivity index (χ0v) is 28.6. The number of hydrogen-bond donors (Lipinski definition) is 1. The van der Waals surface area contributed by atoms with Crippen LogP contribution in [0.5, 0.6) is 11.5 Å². The van der Waals surface area contributed by atoms with Gasteiger partial charge in [-0.1, -0.05) is 18.2 Å². The SMILES string of the molecule is CC(C)(C)OC(=O)N1CC(N2CCC(N3CCC(n4nc(-c5ccc(Oc6ccccc6)cc5)c5c(N)ncnc54)CC3)(C(F)(F)F)CC2)C1. The Bertz CT molecular complexity index is 1800. The first-order valence-electron chi connectivity index (χ1n) is 17.2. The van der Waals surface area contributed by atoms with Gasteiger partial charge in [-0.3, -0.25) is 9.80 Å². The summed E-state index contributed by atoms with van der Waals surface area (Å²) in [5.41, 5.74) is 5.86. The van der Waals surface area contributed by atoms with Crippen LogP contribution in [0.15, 0.2) is 60.9 Å². The predicted molar refractivity (Wildman–Crippen MR) is 183 cm³/mol. The number of carbonyl (C=O) groups is 1. The molecule has 2 N–H and O–H groups in total. The van der Waals surface area contributed by atoms with Crippen molar-refractivity contribution in [2.24, 2.45) is 0 Å². The molecule has 3 saturated heterocycles. The topological polar surface area (TPSA) is 115 Å². The molecular formula is C36H43F3N8O3. The molecule has 3 aliphatic heterocycles. The van der Waals surface area contributed by atoms with E-state index in [2.05, 4.69) is 14.9 Å². The molecule has 7 rings (SSSR count). The average molecular weight is 693 g/mol. The highest BCUT2D eigenvalue weighted by Crippen LogP contribution is 2.46. The van der Waals surface area contributed by atoms with Crippen molar-refractivity contribution in [1.82, 2.24) is 34.4 Å². The van der Waals surface area contributed by atoms with Crippen LogP contribution in [0, 0.1) is 0 Å². The number of halogens is 3. The summed E-state index contributed by atoms with van der Waals surface area (Å²) in [5.74, 6) is 1.68. The van der Waals surface area contributed by atoms with E-state index < -0.39 is 17.3 Å². The van der Waals surface area contributed by atoms with Gasteiger partial charge in [0.25, 0.3) is 0 Å². The quantitative estimate of drug-likeness (QED) is 0.241. The molecule has 0 saturated carbocycles. The van der Waals surface area contributed by atoms with E-state index in [9.17, 15) is 18.0 Å². The van der Waals surface area contributed by atoms with Crippen LogP contribution in [0.4, 0.5) is 23.8 Å². The number of amides is 1. The minimum absolute atomic E-state index is 0.00725. The van der Waals surface area contributed by atoms with Crippen LogP contribution in [0.1, 0.15) is 52.5 Å². The number of hydrogen-bond acceptors (Lipinski definition) is 9. The molecule has 4 aromatic rings. The number of piperidine rings is 2. The first-order valence-corrected chi connectivity index (χ1v) is 17.2. The second-order valence-electron chi connectivity index (χ2n) is 14.5. The molecule has 0 spiro atoms. The Labute approximate surface area is 289 Å². The van der Waals surface area contributed by atoms with E-state index in [-0.39, 0.29) is 44.1 Å². The minimum atomic E-state index is -4.38. The van der Waals surface area contributed by atoms with Crippen molar-refractivity contribution < 1.29 is 27.4 Å². The van der Waals surface area contributed by atoms with Crippen LogP contribution in [-0.2, 0) is 4.74 Å². The number of alkyl halides is 3. The molecule has 0 atom stereocenters. The third-order valence-electron chi connectivity index (χ3n) is 10.2. The summed E-state index contributed by atoms with van der Waals surface area (Å²) >= 11 is 0. The van der Waals surface area contributed by atoms with Crippen molar-refractivity contribution >= 4 is 22.9 Å². The molecule has 266 valence electrons. The summed E-state index contributed by atoms with van der Waals surface area (Å²) in [7, 11) is 0. The van der Waals surface area contributed by atoms with Crippen LogP contribution in [-0.4, -0.2) is 103 Å². The van der Waals surface area contributed by atoms with Gasteiger partial charge < -0.3 is 20.1 Å². The summed E-state index contributed by atoms with van der Waals surface area (Å²) in [4.78, 5) is 26.5. The zero-order valence-electron chi connectivity index (χ0n) is 28.6. The van der Waals surface area contributed by atoms with Crippen molar-refractivity contribution in [2.45, 2.75) is 75.9 Å². The molecule has 11 nitrogen and oxygen atoms in total. The Morgan fingerprint density at radius 3 is 2.14 bits per heavy atom. The molecule has 0 bridgehead atoms. The van der Waals surface area contributed by atoms with Crippen LogP contribution < -0.4 is 10.5 Å². The number of nitrogen functional groups attached to an aromatic ring is 1. The largest absolute Gasteiger partial charge is 0.457 e. The smallest absolute Gasteiger partial charge is 0.410 e. The van der Waals surface area contributed by atoms with E-state index in [1.54, 1.807) is 9.80 Å². The fourth-order valence-electron chi connectivity index (χ4n) is 7.50. The van der Waals surface area contributed by atoms with Gasteiger partial charge in [0, 0.05) is 50.9 Å². The van der Waals surface area contributed by atoms with Gasteiger partial charge in [-0.2, -0.15) is 18.3 Å². The van der Waals surface area contributed by atoms with E-state index in [0.29, 0.717) is 67.3 Å². The van der Waals surface area contributed by atoms with E-state index in [4.69, 9.17) is 20.3 Å². The maximum atomic E-state index is 15.0. The van der Waals surface area contributed by atoms with Crippen molar-refractivity contribution in [2.75, 3.05) is 45.0 Å². The number of nitrogens with zero attached hydrogens (tertiary/aromatic N) is 7. The normalized spacial score (nSPS) is 19.8. The monoisotopic (exact) mass is 692 g/mol. The molecule has 3 aliphatic rings. The maximum Gasteiger partial charge on any atom is 0.410 e. The highest BCUT2D eigenvalue weighted by atomic mass is 19.4. The molecule has 0 unspecified atom stereocenters. The van der Waals surface area contributed by atoms with Crippen molar-refractivity contribution in [3.63, 3.8) is 0 Å². The fourth-order valence-corrected chi connectivity index (χ4v) is 7.50. The fraction of sp³-hybridized carbons (Fsp3) is 0.500. The summed E-state index contributed by atoms with van der Waals surface area (Å²) < 4.78 is 58.1. The zero-order chi connectivity index (χ0) is 35.3. The number of carbonyl (C=O) groups excluding carboxylic acids is 1. The summed E-state index contributed by atoms with van der Waals surface area (Å²) in [6.07, 6.45) is -2.40. The molecule has 2 aromatic heterocycles. The number of ether oxygens (including phenoxy) is 2. The van der Waals surface area contributed by atoms with E-state index in [1.807, 2.05) is 80.1 Å². The predicted octanol–water partition coefficient (Wildman–Crippen LogP) is 6.52. The third kappa shape index (κ3) is 6.58. The lowest BCUT2D eigenvalue weighted by Gasteiger charge is -2.54. The molecule has 2 aromatic carbocycles. The number of likely N-dealkylation sites (tertiary alicyclic amines) is 3. The Morgan fingerprint density at radius 2 is 1.52 bits per heavy atom. The summed E-state index contributed by atoms with van der Waals surface area (Å²) in [5, 5.41) is 5.57. The highest BCUT2D eigenvalue weighted by molar-refractivity contribution is 5.98. The first kappa shape index (κ1) is 34.0. The molecular weight excluding hydrogens is 649 g/mol. The van der Waals surface area contributed by atoms with Crippen LogP contribution >= 0.6 is 0 Å². The molecule has 50 heavy (non-hydrogen) atoms. The van der Waals surface area contributed by atoms with Gasteiger partial charge in [0.15, 0.2) is 5.65 Å². The molecule has 5 heterocycles. The lowest BCUT2D eigenvalue weighted by molar-refractivity contribution is -0.251. The molecule has 1 amide bonds. The van der Waals surface area contributed by atoms with Gasteiger partial charge in [-0.15, -0.1) is 0 Å². The van der Waals surface area contributed by atoms with Crippen LogP contribution in [0.25, 0.3) is 22.3 Å². The summed E-state index contributed by atoms with van der Waals surface area (Å²) in [6, 6.07) is 16.9. The number of fused-ring (bicyclic) bond motifs is 1. The van der Waals surface area contributed by atoms with Gasteiger partial charge in [0.1, 0.15) is 40.5 Å².